The molecule has 3 amide bonds. The van der Waals surface area contributed by atoms with Crippen LogP contribution in [0.3, 0.4) is 0 Å². The number of para-hydroxylation sites is 1. The van der Waals surface area contributed by atoms with Gasteiger partial charge in [0.05, 0.1) is 22.3 Å². The fraction of sp³-hybridized carbons (Fsp3) is 0.0588. The van der Waals surface area contributed by atoms with Gasteiger partial charge in [0.1, 0.15) is 0 Å². The zero-order valence-electron chi connectivity index (χ0n) is 13.3. The second-order valence-electron chi connectivity index (χ2n) is 5.23. The van der Waals surface area contributed by atoms with E-state index in [-0.39, 0.29) is 11.3 Å². The van der Waals surface area contributed by atoms with Gasteiger partial charge in [-0.2, -0.15) is 0 Å². The number of hydrogen-bond donors (Lipinski definition) is 2. The number of aromatic nitrogens is 2. The molecule has 0 aliphatic rings. The molecule has 132 valence electrons. The summed E-state index contributed by atoms with van der Waals surface area (Å²) < 4.78 is 1.40. The van der Waals surface area contributed by atoms with Gasteiger partial charge >= 0.3 is 6.03 Å². The molecule has 2 aromatic carbocycles. The highest BCUT2D eigenvalue weighted by molar-refractivity contribution is 7.99. The minimum Gasteiger partial charge on any atom is -0.351 e. The summed E-state index contributed by atoms with van der Waals surface area (Å²) in [5, 5.41) is 3.28. The molecule has 0 saturated carbocycles. The first-order valence-corrected chi connectivity index (χ1v) is 8.82. The number of hydrogen-bond acceptors (Lipinski definition) is 5. The standard InChI is InChI=1S/C17H13ClN4O3S/c18-10-5-7-11(8-6-10)22-15(24)12-3-1-2-4-13(12)20-17(22)26-9-14(23)21-16(19)25/h1-8H,9H2,(H3,19,21,23,25). The molecule has 7 nitrogen and oxygen atoms in total. The predicted molar refractivity (Wildman–Crippen MR) is 101 cm³/mol. The minimum absolute atomic E-state index is 0.124. The number of imide groups is 1. The second kappa shape index (κ2) is 7.59. The molecule has 3 N–H and O–H groups in total. The summed E-state index contributed by atoms with van der Waals surface area (Å²) in [4.78, 5) is 39.9. The Labute approximate surface area is 157 Å². The Hall–Kier alpha value is -2.84. The van der Waals surface area contributed by atoms with E-state index >= 15 is 0 Å². The molecule has 0 saturated heterocycles. The molecule has 0 radical (unpaired) electrons. The Kier molecular flexibility index (Phi) is 5.24. The fourth-order valence-electron chi connectivity index (χ4n) is 2.33. The van der Waals surface area contributed by atoms with Crippen molar-refractivity contribution in [2.24, 2.45) is 5.73 Å². The van der Waals surface area contributed by atoms with Crippen LogP contribution in [0.15, 0.2) is 58.5 Å². The van der Waals surface area contributed by atoms with Gasteiger partial charge in [-0.05, 0) is 36.4 Å². The van der Waals surface area contributed by atoms with Gasteiger partial charge in [-0.1, -0.05) is 35.5 Å². The van der Waals surface area contributed by atoms with Gasteiger partial charge in [0, 0.05) is 5.02 Å². The highest BCUT2D eigenvalue weighted by atomic mass is 35.5. The molecule has 1 heterocycles. The summed E-state index contributed by atoms with van der Waals surface area (Å²) in [6, 6.07) is 12.7. The first-order chi connectivity index (χ1) is 12.5. The lowest BCUT2D eigenvalue weighted by Crippen LogP contribution is -2.36. The van der Waals surface area contributed by atoms with Crippen molar-refractivity contribution in [2.45, 2.75) is 5.16 Å². The number of rotatable bonds is 4. The highest BCUT2D eigenvalue weighted by Gasteiger charge is 2.15. The van der Waals surface area contributed by atoms with Crippen molar-refractivity contribution in [3.05, 3.63) is 63.9 Å². The van der Waals surface area contributed by atoms with E-state index < -0.39 is 11.9 Å². The predicted octanol–water partition coefficient (Wildman–Crippen LogP) is 2.33. The Morgan fingerprint density at radius 3 is 2.54 bits per heavy atom. The van der Waals surface area contributed by atoms with E-state index in [1.807, 2.05) is 5.32 Å². The van der Waals surface area contributed by atoms with E-state index in [9.17, 15) is 14.4 Å². The Morgan fingerprint density at radius 1 is 1.15 bits per heavy atom. The number of nitrogens with one attached hydrogen (secondary N) is 1. The van der Waals surface area contributed by atoms with E-state index in [2.05, 4.69) is 4.98 Å². The number of amides is 3. The summed E-state index contributed by atoms with van der Waals surface area (Å²) in [7, 11) is 0. The summed E-state index contributed by atoms with van der Waals surface area (Å²) >= 11 is 6.94. The van der Waals surface area contributed by atoms with E-state index in [0.29, 0.717) is 26.8 Å². The maximum atomic E-state index is 13.0. The highest BCUT2D eigenvalue weighted by Crippen LogP contribution is 2.22. The lowest BCUT2D eigenvalue weighted by atomic mass is 10.2. The van der Waals surface area contributed by atoms with Gasteiger partial charge in [0.2, 0.25) is 5.91 Å². The van der Waals surface area contributed by atoms with Crippen LogP contribution >= 0.6 is 23.4 Å². The summed E-state index contributed by atoms with van der Waals surface area (Å²) in [6.07, 6.45) is 0. The molecule has 0 spiro atoms. The summed E-state index contributed by atoms with van der Waals surface area (Å²) in [6.45, 7) is 0. The van der Waals surface area contributed by atoms with Crippen LogP contribution < -0.4 is 16.6 Å². The maximum Gasteiger partial charge on any atom is 0.318 e. The molecule has 0 aliphatic carbocycles. The molecule has 26 heavy (non-hydrogen) atoms. The van der Waals surface area contributed by atoms with E-state index in [0.717, 1.165) is 11.8 Å². The van der Waals surface area contributed by atoms with E-state index in [1.165, 1.54) is 4.57 Å². The molecule has 3 aromatic rings. The van der Waals surface area contributed by atoms with Gasteiger partial charge in [-0.25, -0.2) is 9.78 Å². The van der Waals surface area contributed by atoms with Crippen LogP contribution in [0.2, 0.25) is 5.02 Å². The number of fused-ring (bicyclic) bond motifs is 1. The number of thioether (sulfide) groups is 1. The van der Waals surface area contributed by atoms with Crippen LogP contribution in [-0.2, 0) is 4.79 Å². The average molecular weight is 389 g/mol. The van der Waals surface area contributed by atoms with Crippen LogP contribution in [0.4, 0.5) is 4.79 Å². The zero-order valence-corrected chi connectivity index (χ0v) is 14.9. The van der Waals surface area contributed by atoms with Gasteiger partial charge in [-0.15, -0.1) is 0 Å². The smallest absolute Gasteiger partial charge is 0.318 e. The zero-order chi connectivity index (χ0) is 18.7. The van der Waals surface area contributed by atoms with Crippen LogP contribution in [0, 0.1) is 0 Å². The number of primary amides is 1. The first kappa shape index (κ1) is 18.0. The molecule has 0 unspecified atom stereocenters. The number of carbonyl (C=O) groups is 2. The molecule has 0 atom stereocenters. The van der Waals surface area contributed by atoms with E-state index in [1.54, 1.807) is 48.5 Å². The number of carbonyl (C=O) groups excluding carboxylic acids is 2. The SMILES string of the molecule is NC(=O)NC(=O)CSc1nc2ccccc2c(=O)n1-c1ccc(Cl)cc1. The summed E-state index contributed by atoms with van der Waals surface area (Å²) in [5.74, 6) is -0.700. The lowest BCUT2D eigenvalue weighted by molar-refractivity contribution is -0.117. The van der Waals surface area contributed by atoms with Crippen LogP contribution in [0.5, 0.6) is 0 Å². The first-order valence-electron chi connectivity index (χ1n) is 7.45. The van der Waals surface area contributed by atoms with Gasteiger partial charge in [-0.3, -0.25) is 19.5 Å². The Bertz CT molecular complexity index is 1050. The fourth-order valence-corrected chi connectivity index (χ4v) is 3.27. The largest absolute Gasteiger partial charge is 0.351 e. The molecule has 9 heteroatoms. The quantitative estimate of drug-likeness (QED) is 0.527. The van der Waals surface area contributed by atoms with Crippen LogP contribution in [0.25, 0.3) is 16.6 Å². The number of halogens is 1. The molecule has 0 aliphatic heterocycles. The summed E-state index contributed by atoms with van der Waals surface area (Å²) in [5.41, 5.74) is 5.74. The molecule has 0 fully saturated rings. The molecular weight excluding hydrogens is 376 g/mol. The van der Waals surface area contributed by atoms with Crippen LogP contribution in [0.1, 0.15) is 0 Å². The monoisotopic (exact) mass is 388 g/mol. The third kappa shape index (κ3) is 3.87. The second-order valence-corrected chi connectivity index (χ2v) is 6.61. The number of nitrogens with zero attached hydrogens (tertiary/aromatic N) is 2. The van der Waals surface area contributed by atoms with Crippen molar-refractivity contribution < 1.29 is 9.59 Å². The van der Waals surface area contributed by atoms with Crippen molar-refractivity contribution >= 4 is 46.2 Å². The Balaban J connectivity index is 2.09. The average Bonchev–Trinajstić information content (AvgIpc) is 2.61. The topological polar surface area (TPSA) is 107 Å². The Morgan fingerprint density at radius 2 is 1.85 bits per heavy atom. The third-order valence-corrected chi connectivity index (χ3v) is 4.62. The van der Waals surface area contributed by atoms with Crippen molar-refractivity contribution in [2.75, 3.05) is 5.75 Å². The molecule has 3 rings (SSSR count). The van der Waals surface area contributed by atoms with Crippen molar-refractivity contribution in [1.29, 1.82) is 0 Å². The lowest BCUT2D eigenvalue weighted by Gasteiger charge is -2.13. The number of urea groups is 1. The normalized spacial score (nSPS) is 10.7. The van der Waals surface area contributed by atoms with Crippen molar-refractivity contribution in [3.8, 4) is 5.69 Å². The van der Waals surface area contributed by atoms with Gasteiger partial charge in [0.25, 0.3) is 5.56 Å². The number of benzene rings is 2. The van der Waals surface area contributed by atoms with E-state index in [4.69, 9.17) is 17.3 Å². The van der Waals surface area contributed by atoms with Gasteiger partial charge in [0.15, 0.2) is 5.16 Å². The third-order valence-electron chi connectivity index (χ3n) is 3.42. The molecule has 0 bridgehead atoms. The molecular formula is C17H13ClN4O3S. The van der Waals surface area contributed by atoms with Gasteiger partial charge < -0.3 is 5.73 Å². The maximum absolute atomic E-state index is 13.0. The molecule has 1 aromatic heterocycles. The van der Waals surface area contributed by atoms with Crippen LogP contribution in [-0.4, -0.2) is 27.2 Å². The minimum atomic E-state index is -0.933. The van der Waals surface area contributed by atoms with Crippen molar-refractivity contribution in [3.63, 3.8) is 0 Å². The number of nitrogens with two attached hydrogens (primary N) is 1. The van der Waals surface area contributed by atoms with Crippen molar-refractivity contribution in [1.82, 2.24) is 14.9 Å².